The van der Waals surface area contributed by atoms with Crippen LogP contribution < -0.4 is 0 Å². The maximum Gasteiger partial charge on any atom is 0.331 e. The molecule has 1 saturated carbocycles. The molecule has 5 atom stereocenters. The van der Waals surface area contributed by atoms with Gasteiger partial charge in [-0.25, -0.2) is 4.79 Å². The highest BCUT2D eigenvalue weighted by Gasteiger charge is 2.44. The molecule has 2 rings (SSSR count). The zero-order valence-electron chi connectivity index (χ0n) is 12.3. The molecule has 0 N–H and O–H groups in total. The van der Waals surface area contributed by atoms with Crippen LogP contribution in [0.25, 0.3) is 0 Å². The smallest absolute Gasteiger partial charge is 0.331 e. The molecular weight excluding hydrogens is 317 g/mol. The molecule has 0 bridgehead atoms. The van der Waals surface area contributed by atoms with Gasteiger partial charge in [0.25, 0.3) is 0 Å². The minimum atomic E-state index is -1.09. The van der Waals surface area contributed by atoms with E-state index in [0.717, 1.165) is 5.57 Å². The van der Waals surface area contributed by atoms with Crippen molar-refractivity contribution in [3.8, 4) is 11.8 Å². The lowest BCUT2D eigenvalue weighted by Crippen LogP contribution is -2.16. The van der Waals surface area contributed by atoms with Gasteiger partial charge in [-0.2, -0.15) is 0 Å². The van der Waals surface area contributed by atoms with Crippen LogP contribution in [-0.2, 0) is 18.8 Å². The number of rotatable bonds is 6. The second-order valence-electron chi connectivity index (χ2n) is 5.09. The quantitative estimate of drug-likeness (QED) is 0.246. The lowest BCUT2D eigenvalue weighted by atomic mass is 9.99. The fourth-order valence-corrected chi connectivity index (χ4v) is 3.64. The fraction of sp³-hybridized carbons (Fsp3) is 0.467. The van der Waals surface area contributed by atoms with Crippen LogP contribution >= 0.6 is 16.6 Å². The molecule has 1 aliphatic carbocycles. The van der Waals surface area contributed by atoms with Crippen LogP contribution in [0.2, 0.25) is 0 Å². The van der Waals surface area contributed by atoms with Gasteiger partial charge in [-0.15, -0.1) is 11.8 Å². The number of hydrogen-bond acceptors (Lipinski definition) is 4. The van der Waals surface area contributed by atoms with E-state index in [2.05, 4.69) is 20.8 Å². The number of carbonyl (C=O) groups excluding carboxylic acids is 2. The Kier molecular flexibility index (Phi) is 6.39. The van der Waals surface area contributed by atoms with Gasteiger partial charge < -0.3 is 9.26 Å². The Labute approximate surface area is 135 Å². The second kappa shape index (κ2) is 8.07. The predicted octanol–water partition coefficient (Wildman–Crippen LogP) is 2.44. The summed E-state index contributed by atoms with van der Waals surface area (Å²) < 4.78 is 10.9. The van der Waals surface area contributed by atoms with Crippen LogP contribution in [0.15, 0.2) is 23.8 Å². The van der Waals surface area contributed by atoms with Gasteiger partial charge in [0.1, 0.15) is 6.10 Å². The third kappa shape index (κ3) is 4.53. The van der Waals surface area contributed by atoms with E-state index < -0.39 is 7.72 Å². The minimum Gasteiger partial charge on any atom is -0.455 e. The number of ketones is 1. The molecule has 0 aromatic carbocycles. The summed E-state index contributed by atoms with van der Waals surface area (Å²) in [6.45, 7) is 1.75. The molecule has 0 spiro atoms. The van der Waals surface area contributed by atoms with E-state index in [-0.39, 0.29) is 29.9 Å². The fourth-order valence-electron chi connectivity index (χ4n) is 2.64. The van der Waals surface area contributed by atoms with Gasteiger partial charge in [-0.05, 0) is 26.3 Å². The highest BCUT2D eigenvalue weighted by molar-refractivity contribution is 8.23. The second-order valence-corrected chi connectivity index (χ2v) is 7.54. The Hall–Kier alpha value is -0.935. The maximum atomic E-state index is 11.8. The summed E-state index contributed by atoms with van der Waals surface area (Å²) in [6, 6.07) is 0. The van der Waals surface area contributed by atoms with E-state index in [1.807, 2.05) is 0 Å². The van der Waals surface area contributed by atoms with Gasteiger partial charge in [-0.1, -0.05) is 15.0 Å². The van der Waals surface area contributed by atoms with E-state index in [4.69, 9.17) is 16.8 Å². The summed E-state index contributed by atoms with van der Waals surface area (Å²) in [7, 11) is 7.07. The molecular formula is C15H17BO4P2. The van der Waals surface area contributed by atoms with Gasteiger partial charge >= 0.3 is 5.97 Å². The van der Waals surface area contributed by atoms with E-state index >= 15 is 0 Å². The van der Waals surface area contributed by atoms with Crippen LogP contribution in [-0.4, -0.2) is 31.5 Å². The van der Waals surface area contributed by atoms with Crippen molar-refractivity contribution in [2.45, 2.75) is 38.4 Å². The Morgan fingerprint density at radius 2 is 2.45 bits per heavy atom. The molecule has 0 saturated heterocycles. The van der Waals surface area contributed by atoms with Crippen molar-refractivity contribution in [2.75, 3.05) is 0 Å². The van der Waals surface area contributed by atoms with Crippen molar-refractivity contribution in [3.63, 3.8) is 0 Å². The first-order chi connectivity index (χ1) is 10.5. The highest BCUT2D eigenvalue weighted by Crippen LogP contribution is 2.49. The summed E-state index contributed by atoms with van der Waals surface area (Å²) in [5.41, 5.74) is 0.870. The zero-order chi connectivity index (χ0) is 16.1. The van der Waals surface area contributed by atoms with Crippen molar-refractivity contribution in [3.05, 3.63) is 23.8 Å². The molecule has 2 unspecified atom stereocenters. The van der Waals surface area contributed by atoms with Crippen LogP contribution in [0.4, 0.5) is 0 Å². The Bertz CT molecular complexity index is 574. The van der Waals surface area contributed by atoms with Gasteiger partial charge in [0.15, 0.2) is 13.3 Å². The average molecular weight is 334 g/mol. The molecule has 1 heterocycles. The Balaban J connectivity index is 2.06. The highest BCUT2D eigenvalue weighted by atomic mass is 32.0. The first-order valence-corrected chi connectivity index (χ1v) is 9.95. The molecule has 2 aliphatic rings. The lowest BCUT2D eigenvalue weighted by Gasteiger charge is -2.20. The van der Waals surface area contributed by atoms with Crippen molar-refractivity contribution in [2.24, 2.45) is 5.92 Å². The van der Waals surface area contributed by atoms with E-state index in [1.54, 1.807) is 19.1 Å². The maximum absolute atomic E-state index is 11.8. The van der Waals surface area contributed by atoms with E-state index in [1.165, 1.54) is 6.08 Å². The SMILES string of the molecule is [B]P(P)O[C@@H]1C[C@@H]2OC(=O)C=C2[C@@H]1/C=C/C(=O)CCC#CC. The number of ether oxygens (including phenoxy) is 1. The van der Waals surface area contributed by atoms with Crippen LogP contribution in [0.1, 0.15) is 26.2 Å². The van der Waals surface area contributed by atoms with Crippen molar-refractivity contribution in [1.29, 1.82) is 0 Å². The first-order valence-electron chi connectivity index (χ1n) is 7.00. The van der Waals surface area contributed by atoms with Crippen LogP contribution in [0, 0.1) is 17.8 Å². The number of fused-ring (bicyclic) bond motifs is 1. The molecule has 114 valence electrons. The minimum absolute atomic E-state index is 0.0108. The van der Waals surface area contributed by atoms with Gasteiger partial charge in [0, 0.05) is 31.3 Å². The van der Waals surface area contributed by atoms with Gasteiger partial charge in [0.05, 0.1) is 6.10 Å². The van der Waals surface area contributed by atoms with E-state index in [0.29, 0.717) is 19.3 Å². The monoisotopic (exact) mass is 334 g/mol. The average Bonchev–Trinajstić information content (AvgIpc) is 2.92. The number of allylic oxidation sites excluding steroid dienone is 1. The number of carbonyl (C=O) groups is 2. The largest absolute Gasteiger partial charge is 0.455 e. The standard InChI is InChI=1S/C15H17BO4P2/c1-2-3-4-5-10(17)6-7-11-12-8-15(18)19-13(12)9-14(11)20-22(16)21/h6-8,11,13-14H,4-5,9,21H2,1H3/b7-6+/t11-,13-,14+,22?/m0/s1. The Morgan fingerprint density at radius 1 is 1.68 bits per heavy atom. The summed E-state index contributed by atoms with van der Waals surface area (Å²) in [5.74, 6) is 5.16. The molecule has 7 heteroatoms. The molecule has 0 amide bonds. The van der Waals surface area contributed by atoms with Crippen LogP contribution in [0.3, 0.4) is 0 Å². The Morgan fingerprint density at radius 3 is 3.14 bits per heavy atom. The molecule has 22 heavy (non-hydrogen) atoms. The zero-order valence-corrected chi connectivity index (χ0v) is 14.4. The summed E-state index contributed by atoms with van der Waals surface area (Å²) in [4.78, 5) is 23.2. The van der Waals surface area contributed by atoms with Crippen molar-refractivity contribution in [1.82, 2.24) is 0 Å². The van der Waals surface area contributed by atoms with Crippen molar-refractivity contribution < 1.29 is 18.8 Å². The topological polar surface area (TPSA) is 52.6 Å². The summed E-state index contributed by atoms with van der Waals surface area (Å²) >= 11 is 0. The normalized spacial score (nSPS) is 27.8. The third-order valence-electron chi connectivity index (χ3n) is 3.57. The van der Waals surface area contributed by atoms with Crippen LogP contribution in [0.5, 0.6) is 0 Å². The lowest BCUT2D eigenvalue weighted by molar-refractivity contribution is -0.139. The van der Waals surface area contributed by atoms with Crippen molar-refractivity contribution >= 4 is 36.0 Å². The molecule has 1 fully saturated rings. The van der Waals surface area contributed by atoms with Gasteiger partial charge in [-0.3, -0.25) is 4.79 Å². The summed E-state index contributed by atoms with van der Waals surface area (Å²) in [6.07, 6.45) is 5.93. The molecule has 4 nitrogen and oxygen atoms in total. The first kappa shape index (κ1) is 17.4. The van der Waals surface area contributed by atoms with Gasteiger partial charge in [0.2, 0.25) is 0 Å². The predicted molar refractivity (Wildman–Crippen MR) is 90.2 cm³/mol. The summed E-state index contributed by atoms with van der Waals surface area (Å²) in [5, 5.41) is 0. The third-order valence-corrected chi connectivity index (χ3v) is 4.45. The number of hydrogen-bond donors (Lipinski definition) is 0. The molecule has 0 aromatic heterocycles. The molecule has 2 radical (unpaired) electrons. The van der Waals surface area contributed by atoms with E-state index in [9.17, 15) is 9.59 Å². The molecule has 1 aliphatic heterocycles. The number of esters is 1. The molecule has 0 aromatic rings.